The number of benzene rings is 4. The molecule has 5 heteroatoms. The number of nitriles is 1. The summed E-state index contributed by atoms with van der Waals surface area (Å²) in [6.07, 6.45) is 18.9. The zero-order valence-electron chi connectivity index (χ0n) is 26.2. The number of hydrogen-bond acceptors (Lipinski definition) is 4. The SMILES string of the molecule is N#CC(C/C=C/c1ccc(N(C2=CCCC=C2)c2ccc(C3=CC=C(N(c4ccccc4)c4ccccc4)CC3)cc2)cc1)C(=O)O. The second-order valence-electron chi connectivity index (χ2n) is 11.6. The first kappa shape index (κ1) is 31.1. The van der Waals surface area contributed by atoms with Crippen molar-refractivity contribution in [2.24, 2.45) is 5.92 Å². The molecule has 4 aromatic rings. The fourth-order valence-corrected chi connectivity index (χ4v) is 6.01. The van der Waals surface area contributed by atoms with Crippen molar-refractivity contribution in [3.63, 3.8) is 0 Å². The monoisotopic (exact) mass is 615 g/mol. The van der Waals surface area contributed by atoms with Gasteiger partial charge in [-0.1, -0.05) is 91.0 Å². The van der Waals surface area contributed by atoms with Gasteiger partial charge >= 0.3 is 5.97 Å². The van der Waals surface area contributed by atoms with Crippen LogP contribution in [0.1, 0.15) is 43.2 Å². The highest BCUT2D eigenvalue weighted by Crippen LogP contribution is 2.37. The number of carboxylic acids is 1. The zero-order chi connectivity index (χ0) is 32.4. The molecule has 232 valence electrons. The average Bonchev–Trinajstić information content (AvgIpc) is 3.13. The number of anilines is 4. The van der Waals surface area contributed by atoms with Crippen LogP contribution in [0.2, 0.25) is 0 Å². The standard InChI is InChI=1S/C42H37N3O2/c43-31-35(42(46)47)12-10-11-32-19-25-39(26-20-32)45(38-17-8-3-9-18-38)41-29-23-34(24-30-41)33-21-27-40(28-22-33)44(36-13-4-1-5-14-36)37-15-6-2-7-16-37/h1-2,4-8,10-11,13-21,23-27,29-30,35H,3,9,12,22,28H2,(H,46,47)/b11-10+. The Morgan fingerprint density at radius 2 is 1.38 bits per heavy atom. The normalized spacial score (nSPS) is 14.8. The highest BCUT2D eigenvalue weighted by molar-refractivity contribution is 5.77. The Morgan fingerprint density at radius 3 is 1.91 bits per heavy atom. The van der Waals surface area contributed by atoms with Crippen LogP contribution in [0.15, 0.2) is 157 Å². The van der Waals surface area contributed by atoms with Crippen molar-refractivity contribution in [1.29, 1.82) is 5.26 Å². The second-order valence-corrected chi connectivity index (χ2v) is 11.6. The van der Waals surface area contributed by atoms with Crippen molar-refractivity contribution in [1.82, 2.24) is 0 Å². The maximum atomic E-state index is 11.1. The smallest absolute Gasteiger partial charge is 0.321 e. The van der Waals surface area contributed by atoms with Gasteiger partial charge in [-0.3, -0.25) is 4.79 Å². The summed E-state index contributed by atoms with van der Waals surface area (Å²) >= 11 is 0. The largest absolute Gasteiger partial charge is 0.480 e. The van der Waals surface area contributed by atoms with E-state index in [0.29, 0.717) is 0 Å². The van der Waals surface area contributed by atoms with E-state index in [-0.39, 0.29) is 6.42 Å². The molecule has 0 saturated carbocycles. The molecule has 0 bridgehead atoms. The number of carbonyl (C=O) groups is 1. The molecule has 47 heavy (non-hydrogen) atoms. The molecule has 2 aliphatic rings. The van der Waals surface area contributed by atoms with Gasteiger partial charge in [0.25, 0.3) is 0 Å². The molecular weight excluding hydrogens is 578 g/mol. The Hall–Kier alpha value is -5.86. The highest BCUT2D eigenvalue weighted by atomic mass is 16.4. The molecule has 0 radical (unpaired) electrons. The van der Waals surface area contributed by atoms with Gasteiger partial charge < -0.3 is 14.9 Å². The predicted octanol–water partition coefficient (Wildman–Crippen LogP) is 10.6. The number of hydrogen-bond donors (Lipinski definition) is 1. The van der Waals surface area contributed by atoms with Crippen molar-refractivity contribution in [3.8, 4) is 6.07 Å². The van der Waals surface area contributed by atoms with Crippen LogP contribution in [0.5, 0.6) is 0 Å². The lowest BCUT2D eigenvalue weighted by Crippen LogP contribution is -2.17. The number of aliphatic carboxylic acids is 1. The van der Waals surface area contributed by atoms with Crippen LogP contribution in [0.3, 0.4) is 0 Å². The maximum Gasteiger partial charge on any atom is 0.321 e. The molecule has 0 aliphatic heterocycles. The van der Waals surface area contributed by atoms with Gasteiger partial charge in [0, 0.05) is 34.1 Å². The van der Waals surface area contributed by atoms with Crippen LogP contribution in [-0.4, -0.2) is 11.1 Å². The minimum absolute atomic E-state index is 0.176. The Balaban J connectivity index is 1.23. The molecular formula is C42H37N3O2. The number of carboxylic acid groups (broad SMARTS) is 1. The highest BCUT2D eigenvalue weighted by Gasteiger charge is 2.19. The van der Waals surface area contributed by atoms with Crippen LogP contribution < -0.4 is 9.80 Å². The van der Waals surface area contributed by atoms with Crippen LogP contribution >= 0.6 is 0 Å². The molecule has 0 spiro atoms. The minimum atomic E-state index is -1.10. The van der Waals surface area contributed by atoms with Crippen molar-refractivity contribution in [2.75, 3.05) is 9.80 Å². The number of rotatable bonds is 11. The summed E-state index contributed by atoms with van der Waals surface area (Å²) in [6.45, 7) is 0. The third kappa shape index (κ3) is 7.52. The van der Waals surface area contributed by atoms with Crippen LogP contribution in [-0.2, 0) is 4.79 Å². The molecule has 1 unspecified atom stereocenters. The van der Waals surface area contributed by atoms with E-state index in [1.165, 1.54) is 16.8 Å². The van der Waals surface area contributed by atoms with Crippen molar-refractivity contribution in [2.45, 2.75) is 32.1 Å². The minimum Gasteiger partial charge on any atom is -0.480 e. The van der Waals surface area contributed by atoms with Crippen molar-refractivity contribution >= 4 is 40.4 Å². The van der Waals surface area contributed by atoms with Crippen molar-refractivity contribution in [3.05, 3.63) is 168 Å². The first-order chi connectivity index (χ1) is 23.1. The lowest BCUT2D eigenvalue weighted by atomic mass is 9.94. The van der Waals surface area contributed by atoms with Gasteiger partial charge in [0.1, 0.15) is 5.92 Å². The van der Waals surface area contributed by atoms with Gasteiger partial charge in [-0.25, -0.2) is 0 Å². The van der Waals surface area contributed by atoms with E-state index in [1.54, 1.807) is 6.08 Å². The quantitative estimate of drug-likeness (QED) is 0.182. The number of para-hydroxylation sites is 2. The molecule has 5 nitrogen and oxygen atoms in total. The zero-order valence-corrected chi connectivity index (χ0v) is 26.2. The van der Waals surface area contributed by atoms with Crippen LogP contribution in [0, 0.1) is 17.2 Å². The van der Waals surface area contributed by atoms with Gasteiger partial charge in [-0.05, 0) is 109 Å². The first-order valence-corrected chi connectivity index (χ1v) is 16.1. The molecule has 0 saturated heterocycles. The molecule has 1 atom stereocenters. The van der Waals surface area contributed by atoms with E-state index >= 15 is 0 Å². The molecule has 0 fully saturated rings. The summed E-state index contributed by atoms with van der Waals surface area (Å²) in [7, 11) is 0. The molecule has 2 aliphatic carbocycles. The Labute approximate surface area is 277 Å². The average molecular weight is 616 g/mol. The Bertz CT molecular complexity index is 1840. The number of nitrogens with zero attached hydrogens (tertiary/aromatic N) is 3. The van der Waals surface area contributed by atoms with E-state index in [2.05, 4.69) is 137 Å². The van der Waals surface area contributed by atoms with Crippen LogP contribution in [0.25, 0.3) is 11.6 Å². The Morgan fingerprint density at radius 1 is 0.766 bits per heavy atom. The van der Waals surface area contributed by atoms with Gasteiger partial charge in [-0.15, -0.1) is 0 Å². The summed E-state index contributed by atoms with van der Waals surface area (Å²) in [5, 5.41) is 18.2. The molecule has 4 aromatic carbocycles. The van der Waals surface area contributed by atoms with Gasteiger partial charge in [0.15, 0.2) is 0 Å². The predicted molar refractivity (Wildman–Crippen MR) is 192 cm³/mol. The molecule has 6 rings (SSSR count). The third-order valence-corrected chi connectivity index (χ3v) is 8.46. The lowest BCUT2D eigenvalue weighted by Gasteiger charge is -2.30. The summed E-state index contributed by atoms with van der Waals surface area (Å²) in [6, 6.07) is 39.9. The van der Waals surface area contributed by atoms with E-state index in [9.17, 15) is 4.79 Å². The first-order valence-electron chi connectivity index (χ1n) is 16.1. The molecule has 1 N–H and O–H groups in total. The molecule has 0 heterocycles. The van der Waals surface area contributed by atoms with Gasteiger partial charge in [0.05, 0.1) is 6.07 Å². The summed E-state index contributed by atoms with van der Waals surface area (Å²) in [5.74, 6) is -2.13. The number of allylic oxidation sites excluding steroid dienone is 8. The van der Waals surface area contributed by atoms with Gasteiger partial charge in [-0.2, -0.15) is 5.26 Å². The topological polar surface area (TPSA) is 67.6 Å². The van der Waals surface area contributed by atoms with E-state index < -0.39 is 11.9 Å². The summed E-state index contributed by atoms with van der Waals surface area (Å²) in [4.78, 5) is 15.8. The Kier molecular flexibility index (Phi) is 9.90. The second kappa shape index (κ2) is 14.9. The van der Waals surface area contributed by atoms with Crippen molar-refractivity contribution < 1.29 is 9.90 Å². The third-order valence-electron chi connectivity index (χ3n) is 8.46. The summed E-state index contributed by atoms with van der Waals surface area (Å²) < 4.78 is 0. The molecule has 0 amide bonds. The lowest BCUT2D eigenvalue weighted by molar-refractivity contribution is -0.139. The van der Waals surface area contributed by atoms with Gasteiger partial charge in [0.2, 0.25) is 0 Å². The fraction of sp³-hybridized carbons (Fsp3) is 0.143. The van der Waals surface area contributed by atoms with E-state index in [1.807, 2.05) is 24.3 Å². The van der Waals surface area contributed by atoms with E-state index in [4.69, 9.17) is 10.4 Å². The maximum absolute atomic E-state index is 11.1. The van der Waals surface area contributed by atoms with E-state index in [0.717, 1.165) is 59.7 Å². The molecule has 0 aromatic heterocycles. The van der Waals surface area contributed by atoms with Crippen LogP contribution in [0.4, 0.5) is 22.7 Å². The summed E-state index contributed by atoms with van der Waals surface area (Å²) in [5.41, 5.74) is 10.4. The fourth-order valence-electron chi connectivity index (χ4n) is 6.01.